The Morgan fingerprint density at radius 1 is 1.26 bits per heavy atom. The SMILES string of the molecule is CC(CCc1cc(Cl)cc2nc(-c3ccccc3Cl)oc12)=NO. The van der Waals surface area contributed by atoms with Gasteiger partial charge in [-0.05, 0) is 49.6 Å². The summed E-state index contributed by atoms with van der Waals surface area (Å²) in [5, 5.41) is 13.1. The number of fused-ring (bicyclic) bond motifs is 1. The lowest BCUT2D eigenvalue weighted by Crippen LogP contribution is -1.95. The minimum atomic E-state index is 0.460. The topological polar surface area (TPSA) is 58.6 Å². The Balaban J connectivity index is 2.07. The van der Waals surface area contributed by atoms with Crippen molar-refractivity contribution in [2.24, 2.45) is 5.16 Å². The number of rotatable bonds is 4. The van der Waals surface area contributed by atoms with Crippen LogP contribution >= 0.6 is 23.2 Å². The molecule has 0 aliphatic carbocycles. The summed E-state index contributed by atoms with van der Waals surface area (Å²) in [5.41, 5.74) is 3.65. The second kappa shape index (κ2) is 6.60. The minimum Gasteiger partial charge on any atom is -0.436 e. The van der Waals surface area contributed by atoms with Crippen LogP contribution in [0.2, 0.25) is 10.0 Å². The summed E-state index contributed by atoms with van der Waals surface area (Å²) in [6.07, 6.45) is 1.25. The number of benzene rings is 2. The minimum absolute atomic E-state index is 0.460. The predicted molar refractivity (Wildman–Crippen MR) is 92.7 cm³/mol. The van der Waals surface area contributed by atoms with E-state index in [4.69, 9.17) is 32.8 Å². The standard InChI is InChI=1S/C17H14Cl2N2O2/c1-10(21-22)6-7-11-8-12(18)9-15-16(11)23-17(20-15)13-4-2-3-5-14(13)19/h2-5,8-9,22H,6-7H2,1H3. The molecule has 23 heavy (non-hydrogen) atoms. The summed E-state index contributed by atoms with van der Waals surface area (Å²) in [7, 11) is 0. The highest BCUT2D eigenvalue weighted by Gasteiger charge is 2.15. The average Bonchev–Trinajstić information content (AvgIpc) is 2.96. The van der Waals surface area contributed by atoms with Gasteiger partial charge in [0.2, 0.25) is 5.89 Å². The van der Waals surface area contributed by atoms with Gasteiger partial charge in [0.25, 0.3) is 0 Å². The summed E-state index contributed by atoms with van der Waals surface area (Å²) in [4.78, 5) is 4.50. The average molecular weight is 349 g/mol. The number of hydrogen-bond acceptors (Lipinski definition) is 4. The van der Waals surface area contributed by atoms with Crippen molar-refractivity contribution in [2.75, 3.05) is 0 Å². The number of hydrogen-bond donors (Lipinski definition) is 1. The predicted octanol–water partition coefficient (Wildman–Crippen LogP) is 5.58. The van der Waals surface area contributed by atoms with E-state index >= 15 is 0 Å². The molecule has 4 nitrogen and oxygen atoms in total. The highest BCUT2D eigenvalue weighted by Crippen LogP contribution is 2.33. The number of halogens is 2. The van der Waals surface area contributed by atoms with Crippen molar-refractivity contribution in [3.8, 4) is 11.5 Å². The Bertz CT molecular complexity index is 887. The molecule has 0 radical (unpaired) electrons. The fraction of sp³-hybridized carbons (Fsp3) is 0.176. The molecule has 118 valence electrons. The first-order chi connectivity index (χ1) is 11.1. The fourth-order valence-corrected chi connectivity index (χ4v) is 2.82. The molecule has 3 aromatic rings. The van der Waals surface area contributed by atoms with E-state index in [1.54, 1.807) is 19.1 Å². The third kappa shape index (κ3) is 3.33. The van der Waals surface area contributed by atoms with Crippen molar-refractivity contribution in [3.05, 3.63) is 52.0 Å². The zero-order valence-corrected chi connectivity index (χ0v) is 13.9. The summed E-state index contributed by atoms with van der Waals surface area (Å²) >= 11 is 12.4. The number of oxazole rings is 1. The first-order valence-electron chi connectivity index (χ1n) is 7.10. The first kappa shape index (κ1) is 15.8. The third-order valence-corrected chi connectivity index (χ3v) is 4.11. The quantitative estimate of drug-likeness (QED) is 0.380. The molecule has 6 heteroatoms. The van der Waals surface area contributed by atoms with Crippen LogP contribution in [-0.2, 0) is 6.42 Å². The summed E-state index contributed by atoms with van der Waals surface area (Å²) < 4.78 is 5.93. The molecular weight excluding hydrogens is 335 g/mol. The molecule has 3 rings (SSSR count). The lowest BCUT2D eigenvalue weighted by molar-refractivity contribution is 0.317. The van der Waals surface area contributed by atoms with Crippen LogP contribution in [0.1, 0.15) is 18.9 Å². The highest BCUT2D eigenvalue weighted by molar-refractivity contribution is 6.33. The highest BCUT2D eigenvalue weighted by atomic mass is 35.5. The molecule has 0 unspecified atom stereocenters. The molecule has 0 spiro atoms. The molecule has 0 amide bonds. The van der Waals surface area contributed by atoms with Crippen LogP contribution in [0.15, 0.2) is 46.0 Å². The van der Waals surface area contributed by atoms with E-state index in [-0.39, 0.29) is 0 Å². The van der Waals surface area contributed by atoms with Gasteiger partial charge in [0.1, 0.15) is 5.52 Å². The van der Waals surface area contributed by atoms with Gasteiger partial charge in [-0.25, -0.2) is 4.98 Å². The molecular formula is C17H14Cl2N2O2. The van der Waals surface area contributed by atoms with E-state index in [0.29, 0.717) is 45.6 Å². The van der Waals surface area contributed by atoms with E-state index in [1.165, 1.54) is 0 Å². The third-order valence-electron chi connectivity index (χ3n) is 3.56. The Morgan fingerprint density at radius 2 is 2.04 bits per heavy atom. The van der Waals surface area contributed by atoms with Crippen molar-refractivity contribution in [2.45, 2.75) is 19.8 Å². The molecule has 0 bridgehead atoms. The molecule has 2 aromatic carbocycles. The number of oxime groups is 1. The molecule has 0 saturated carbocycles. The normalized spacial score (nSPS) is 12.0. The summed E-state index contributed by atoms with van der Waals surface area (Å²) in [5.74, 6) is 0.460. The number of aryl methyl sites for hydroxylation is 1. The number of nitrogens with zero attached hydrogens (tertiary/aromatic N) is 2. The maximum atomic E-state index is 8.78. The van der Waals surface area contributed by atoms with Gasteiger partial charge in [0.05, 0.1) is 16.3 Å². The molecule has 0 saturated heterocycles. The molecule has 1 heterocycles. The fourth-order valence-electron chi connectivity index (χ4n) is 2.37. The van der Waals surface area contributed by atoms with Gasteiger partial charge in [-0.15, -0.1) is 0 Å². The van der Waals surface area contributed by atoms with Gasteiger partial charge < -0.3 is 9.62 Å². The van der Waals surface area contributed by atoms with E-state index in [1.807, 2.05) is 24.3 Å². The van der Waals surface area contributed by atoms with Crippen LogP contribution in [-0.4, -0.2) is 15.9 Å². The number of aromatic nitrogens is 1. The van der Waals surface area contributed by atoms with Gasteiger partial charge >= 0.3 is 0 Å². The monoisotopic (exact) mass is 348 g/mol. The smallest absolute Gasteiger partial charge is 0.228 e. The Kier molecular flexibility index (Phi) is 4.55. The van der Waals surface area contributed by atoms with E-state index in [9.17, 15) is 0 Å². The molecule has 0 atom stereocenters. The van der Waals surface area contributed by atoms with Crippen molar-refractivity contribution < 1.29 is 9.62 Å². The van der Waals surface area contributed by atoms with Crippen LogP contribution < -0.4 is 0 Å². The van der Waals surface area contributed by atoms with Crippen molar-refractivity contribution in [1.29, 1.82) is 0 Å². The summed E-state index contributed by atoms with van der Waals surface area (Å²) in [6.45, 7) is 1.76. The maximum Gasteiger partial charge on any atom is 0.228 e. The lowest BCUT2D eigenvalue weighted by Gasteiger charge is -2.02. The zero-order chi connectivity index (χ0) is 16.4. The van der Waals surface area contributed by atoms with Crippen LogP contribution in [0.25, 0.3) is 22.6 Å². The molecule has 1 N–H and O–H groups in total. The van der Waals surface area contributed by atoms with Gasteiger partial charge in [-0.2, -0.15) is 0 Å². The molecule has 0 fully saturated rings. The van der Waals surface area contributed by atoms with Crippen LogP contribution in [0.5, 0.6) is 0 Å². The van der Waals surface area contributed by atoms with Gasteiger partial charge in [0, 0.05) is 5.02 Å². The van der Waals surface area contributed by atoms with Gasteiger partial charge in [-0.3, -0.25) is 0 Å². The van der Waals surface area contributed by atoms with Crippen LogP contribution in [0, 0.1) is 0 Å². The second-order valence-corrected chi connectivity index (χ2v) is 6.09. The van der Waals surface area contributed by atoms with E-state index in [0.717, 1.165) is 11.1 Å². The van der Waals surface area contributed by atoms with E-state index < -0.39 is 0 Å². The van der Waals surface area contributed by atoms with Crippen molar-refractivity contribution >= 4 is 40.0 Å². The first-order valence-corrected chi connectivity index (χ1v) is 7.85. The largest absolute Gasteiger partial charge is 0.436 e. The molecule has 0 aliphatic heterocycles. The van der Waals surface area contributed by atoms with Crippen LogP contribution in [0.3, 0.4) is 0 Å². The second-order valence-electron chi connectivity index (χ2n) is 5.25. The molecule has 0 aliphatic rings. The van der Waals surface area contributed by atoms with Gasteiger partial charge in [0.15, 0.2) is 5.58 Å². The van der Waals surface area contributed by atoms with Crippen LogP contribution in [0.4, 0.5) is 0 Å². The molecule has 1 aromatic heterocycles. The lowest BCUT2D eigenvalue weighted by atomic mass is 10.1. The van der Waals surface area contributed by atoms with Gasteiger partial charge in [-0.1, -0.05) is 40.5 Å². The maximum absolute atomic E-state index is 8.78. The van der Waals surface area contributed by atoms with E-state index in [2.05, 4.69) is 10.1 Å². The Hall–Kier alpha value is -2.04. The summed E-state index contributed by atoms with van der Waals surface area (Å²) in [6, 6.07) is 11.0. The Labute approximate surface area is 143 Å². The zero-order valence-electron chi connectivity index (χ0n) is 12.4. The Morgan fingerprint density at radius 3 is 2.78 bits per heavy atom. The van der Waals surface area contributed by atoms with Crippen molar-refractivity contribution in [1.82, 2.24) is 4.98 Å². The van der Waals surface area contributed by atoms with Crippen molar-refractivity contribution in [3.63, 3.8) is 0 Å².